The second kappa shape index (κ2) is 3.56. The van der Waals surface area contributed by atoms with Crippen LogP contribution >= 0.6 is 0 Å². The number of hydrogen-bond donors (Lipinski definition) is 1. The highest BCUT2D eigenvalue weighted by Crippen LogP contribution is 2.24. The minimum atomic E-state index is 0.235. The summed E-state index contributed by atoms with van der Waals surface area (Å²) < 4.78 is 0. The maximum Gasteiger partial charge on any atom is 0.157 e. The van der Waals surface area contributed by atoms with Gasteiger partial charge in [0.1, 0.15) is 0 Å². The first kappa shape index (κ1) is 8.31. The minimum absolute atomic E-state index is 0.235. The van der Waals surface area contributed by atoms with Gasteiger partial charge < -0.3 is 5.32 Å². The predicted octanol–water partition coefficient (Wildman–Crippen LogP) is 1.62. The van der Waals surface area contributed by atoms with Gasteiger partial charge in [0.15, 0.2) is 5.78 Å². The Hall–Kier alpha value is -0.790. The molecule has 0 aromatic rings. The summed E-state index contributed by atoms with van der Waals surface area (Å²) >= 11 is 0. The molecule has 62 valence electrons. The quantitative estimate of drug-likeness (QED) is 0.667. The fraction of sp³-hybridized carbons (Fsp3) is 0.667. The monoisotopic (exact) mass is 153 g/mol. The van der Waals surface area contributed by atoms with Gasteiger partial charge in [-0.2, -0.15) is 0 Å². The Morgan fingerprint density at radius 3 is 2.82 bits per heavy atom. The molecule has 0 radical (unpaired) electrons. The van der Waals surface area contributed by atoms with Crippen LogP contribution in [0.2, 0.25) is 0 Å². The number of ketones is 1. The molecular weight excluding hydrogens is 138 g/mol. The summed E-state index contributed by atoms with van der Waals surface area (Å²) in [5.74, 6) is 0.235. The molecule has 0 aromatic carbocycles. The van der Waals surface area contributed by atoms with Crippen molar-refractivity contribution in [3.63, 3.8) is 0 Å². The van der Waals surface area contributed by atoms with Gasteiger partial charge in [0.25, 0.3) is 0 Å². The van der Waals surface area contributed by atoms with Crippen LogP contribution in [0.4, 0.5) is 0 Å². The normalized spacial score (nSPS) is 17.3. The maximum atomic E-state index is 11.0. The number of Topliss-reactive ketones (excluding diaryl/α,β-unsaturated/α-hetero) is 1. The molecule has 1 N–H and O–H groups in total. The highest BCUT2D eigenvalue weighted by Gasteiger charge is 2.16. The lowest BCUT2D eigenvalue weighted by Crippen LogP contribution is -2.13. The van der Waals surface area contributed by atoms with E-state index < -0.39 is 0 Å². The van der Waals surface area contributed by atoms with Crippen molar-refractivity contribution >= 4 is 5.78 Å². The van der Waals surface area contributed by atoms with Crippen molar-refractivity contribution in [2.75, 3.05) is 6.54 Å². The molecule has 0 aromatic heterocycles. The van der Waals surface area contributed by atoms with Crippen LogP contribution in [0, 0.1) is 0 Å². The van der Waals surface area contributed by atoms with Gasteiger partial charge in [-0.25, -0.2) is 0 Å². The molecular formula is C9H15NO. The van der Waals surface area contributed by atoms with Crippen molar-refractivity contribution in [1.82, 2.24) is 5.32 Å². The lowest BCUT2D eigenvalue weighted by atomic mass is 10.1. The van der Waals surface area contributed by atoms with Gasteiger partial charge in [-0.15, -0.1) is 0 Å². The highest BCUT2D eigenvalue weighted by atomic mass is 16.1. The maximum absolute atomic E-state index is 11.0. The Morgan fingerprint density at radius 1 is 1.55 bits per heavy atom. The smallest absolute Gasteiger partial charge is 0.157 e. The topological polar surface area (TPSA) is 29.1 Å². The highest BCUT2D eigenvalue weighted by molar-refractivity contribution is 5.94. The summed E-state index contributed by atoms with van der Waals surface area (Å²) in [7, 11) is 0. The van der Waals surface area contributed by atoms with E-state index in [1.165, 1.54) is 5.70 Å². The molecule has 11 heavy (non-hydrogen) atoms. The molecule has 2 heteroatoms. The van der Waals surface area contributed by atoms with Gasteiger partial charge >= 0.3 is 0 Å². The van der Waals surface area contributed by atoms with Crippen molar-refractivity contribution in [2.24, 2.45) is 0 Å². The van der Waals surface area contributed by atoms with Gasteiger partial charge in [-0.1, -0.05) is 0 Å². The molecule has 0 saturated heterocycles. The molecule has 1 rings (SSSR count). The lowest BCUT2D eigenvalue weighted by Gasteiger charge is -2.05. The lowest BCUT2D eigenvalue weighted by molar-refractivity contribution is -0.113. The third-order valence-electron chi connectivity index (χ3n) is 2.03. The van der Waals surface area contributed by atoms with Gasteiger partial charge in [0, 0.05) is 17.8 Å². The summed E-state index contributed by atoms with van der Waals surface area (Å²) in [6.45, 7) is 4.63. The van der Waals surface area contributed by atoms with Crippen molar-refractivity contribution in [3.05, 3.63) is 11.3 Å². The molecule has 0 aliphatic heterocycles. The van der Waals surface area contributed by atoms with Gasteiger partial charge in [-0.3, -0.25) is 4.79 Å². The number of carbonyl (C=O) groups excluding carboxylic acids is 1. The molecule has 1 aliphatic rings. The molecule has 0 atom stereocenters. The standard InChI is InChI=1S/C9H15NO/c1-3-10-9-6-4-5-8(9)7(2)11/h10H,3-6H2,1-2H3. The van der Waals surface area contributed by atoms with E-state index in [-0.39, 0.29) is 5.78 Å². The first-order valence-corrected chi connectivity index (χ1v) is 4.22. The summed E-state index contributed by atoms with van der Waals surface area (Å²) in [5.41, 5.74) is 2.20. The average Bonchev–Trinajstić information content (AvgIpc) is 2.36. The zero-order valence-electron chi connectivity index (χ0n) is 7.24. The third kappa shape index (κ3) is 1.82. The van der Waals surface area contributed by atoms with Crippen LogP contribution in [0.15, 0.2) is 11.3 Å². The summed E-state index contributed by atoms with van der Waals surface area (Å²) in [5, 5.41) is 3.23. The molecule has 0 spiro atoms. The van der Waals surface area contributed by atoms with Crippen LogP contribution in [-0.2, 0) is 4.79 Å². The fourth-order valence-electron chi connectivity index (χ4n) is 1.54. The molecule has 1 aliphatic carbocycles. The number of carbonyl (C=O) groups is 1. The average molecular weight is 153 g/mol. The van der Waals surface area contributed by atoms with Crippen LogP contribution in [0.3, 0.4) is 0 Å². The fourth-order valence-corrected chi connectivity index (χ4v) is 1.54. The van der Waals surface area contributed by atoms with Crippen molar-refractivity contribution < 1.29 is 4.79 Å². The zero-order chi connectivity index (χ0) is 8.27. The summed E-state index contributed by atoms with van der Waals surface area (Å²) in [6.07, 6.45) is 3.16. The van der Waals surface area contributed by atoms with E-state index >= 15 is 0 Å². The van der Waals surface area contributed by atoms with E-state index in [0.717, 1.165) is 31.4 Å². The molecule has 0 heterocycles. The van der Waals surface area contributed by atoms with Crippen LogP contribution < -0.4 is 5.32 Å². The SMILES string of the molecule is CCNC1=C(C(C)=O)CCC1. The minimum Gasteiger partial charge on any atom is -0.388 e. The van der Waals surface area contributed by atoms with Gasteiger partial charge in [-0.05, 0) is 33.1 Å². The first-order chi connectivity index (χ1) is 5.25. The van der Waals surface area contributed by atoms with E-state index in [4.69, 9.17) is 0 Å². The number of rotatable bonds is 3. The van der Waals surface area contributed by atoms with Crippen LogP contribution in [0.1, 0.15) is 33.1 Å². The third-order valence-corrected chi connectivity index (χ3v) is 2.03. The Kier molecular flexibility index (Phi) is 2.69. The van der Waals surface area contributed by atoms with Crippen molar-refractivity contribution in [1.29, 1.82) is 0 Å². The van der Waals surface area contributed by atoms with E-state index in [9.17, 15) is 4.79 Å². The van der Waals surface area contributed by atoms with Crippen LogP contribution in [0.25, 0.3) is 0 Å². The summed E-state index contributed by atoms with van der Waals surface area (Å²) in [6, 6.07) is 0. The molecule has 0 fully saturated rings. The van der Waals surface area contributed by atoms with Gasteiger partial charge in [0.05, 0.1) is 0 Å². The van der Waals surface area contributed by atoms with Crippen LogP contribution in [-0.4, -0.2) is 12.3 Å². The predicted molar refractivity (Wildman–Crippen MR) is 45.2 cm³/mol. The van der Waals surface area contributed by atoms with E-state index in [1.54, 1.807) is 6.92 Å². The first-order valence-electron chi connectivity index (χ1n) is 4.22. The Balaban J connectivity index is 2.69. The van der Waals surface area contributed by atoms with Gasteiger partial charge in [0.2, 0.25) is 0 Å². The molecule has 0 bridgehead atoms. The number of hydrogen-bond acceptors (Lipinski definition) is 2. The van der Waals surface area contributed by atoms with Crippen molar-refractivity contribution in [3.8, 4) is 0 Å². The Labute approximate surface area is 67.7 Å². The van der Waals surface area contributed by atoms with E-state index in [2.05, 4.69) is 12.2 Å². The number of nitrogens with one attached hydrogen (secondary N) is 1. The largest absolute Gasteiger partial charge is 0.388 e. The molecule has 0 unspecified atom stereocenters. The van der Waals surface area contributed by atoms with Crippen molar-refractivity contribution in [2.45, 2.75) is 33.1 Å². The summed E-state index contributed by atoms with van der Waals surface area (Å²) in [4.78, 5) is 11.0. The molecule has 0 amide bonds. The van der Waals surface area contributed by atoms with Crippen LogP contribution in [0.5, 0.6) is 0 Å². The molecule has 2 nitrogen and oxygen atoms in total. The zero-order valence-corrected chi connectivity index (χ0v) is 7.24. The number of allylic oxidation sites excluding steroid dienone is 2. The Morgan fingerprint density at radius 2 is 2.27 bits per heavy atom. The molecule has 0 saturated carbocycles. The second-order valence-corrected chi connectivity index (χ2v) is 2.90. The second-order valence-electron chi connectivity index (χ2n) is 2.90. The Bertz CT molecular complexity index is 194. The van der Waals surface area contributed by atoms with E-state index in [0.29, 0.717) is 0 Å². The van der Waals surface area contributed by atoms with E-state index in [1.807, 2.05) is 0 Å².